The van der Waals surface area contributed by atoms with Crippen LogP contribution in [-0.4, -0.2) is 20.9 Å². The second-order valence-electron chi connectivity index (χ2n) is 5.67. The summed E-state index contributed by atoms with van der Waals surface area (Å²) in [4.78, 5) is 12.3. The summed E-state index contributed by atoms with van der Waals surface area (Å²) in [6.45, 7) is 4.06. The molecule has 3 rings (SSSR count). The second kappa shape index (κ2) is 7.08. The summed E-state index contributed by atoms with van der Waals surface area (Å²) in [5, 5.41) is 11.0. The summed E-state index contributed by atoms with van der Waals surface area (Å²) in [5.41, 5.74) is 3.49. The first kappa shape index (κ1) is 15.9. The number of hydrogen-bond acceptors (Lipinski definition) is 3. The van der Waals surface area contributed by atoms with E-state index in [0.29, 0.717) is 5.69 Å². The van der Waals surface area contributed by atoms with E-state index >= 15 is 0 Å². The number of hydrogen-bond donors (Lipinski definition) is 1. The topological polar surface area (TPSA) is 59.8 Å². The minimum atomic E-state index is -0.234. The Hall–Kier alpha value is -2.95. The summed E-state index contributed by atoms with van der Waals surface area (Å²) in [5.74, 6) is -0.234. The molecular formula is C19H20N4O. The smallest absolute Gasteiger partial charge is 0.273 e. The highest BCUT2D eigenvalue weighted by molar-refractivity contribution is 5.92. The van der Waals surface area contributed by atoms with Crippen molar-refractivity contribution in [3.63, 3.8) is 0 Å². The van der Waals surface area contributed by atoms with E-state index in [4.69, 9.17) is 0 Å². The lowest BCUT2D eigenvalue weighted by atomic mass is 10.1. The Morgan fingerprint density at radius 3 is 2.50 bits per heavy atom. The van der Waals surface area contributed by atoms with Crippen LogP contribution in [0.1, 0.15) is 41.5 Å². The van der Waals surface area contributed by atoms with E-state index in [-0.39, 0.29) is 11.9 Å². The first-order valence-corrected chi connectivity index (χ1v) is 8.05. The molecule has 2 aromatic carbocycles. The number of benzene rings is 2. The molecule has 122 valence electrons. The molecule has 0 aliphatic heterocycles. The largest absolute Gasteiger partial charge is 0.344 e. The zero-order valence-corrected chi connectivity index (χ0v) is 13.8. The van der Waals surface area contributed by atoms with Gasteiger partial charge in [0.25, 0.3) is 5.91 Å². The van der Waals surface area contributed by atoms with Gasteiger partial charge in [0.15, 0.2) is 5.69 Å². The van der Waals surface area contributed by atoms with E-state index in [2.05, 4.69) is 22.6 Å². The van der Waals surface area contributed by atoms with Gasteiger partial charge in [0.1, 0.15) is 0 Å². The van der Waals surface area contributed by atoms with Crippen LogP contribution in [0, 0.1) is 0 Å². The molecule has 0 saturated heterocycles. The molecule has 24 heavy (non-hydrogen) atoms. The van der Waals surface area contributed by atoms with Crippen molar-refractivity contribution in [3.8, 4) is 5.69 Å². The van der Waals surface area contributed by atoms with Crippen molar-refractivity contribution < 1.29 is 4.79 Å². The van der Waals surface area contributed by atoms with Crippen LogP contribution in [0.25, 0.3) is 5.69 Å². The SMILES string of the molecule is CCc1ccc(-n2cc(C(=O)N[C@H](C)c3ccccc3)nn2)cc1. The first-order chi connectivity index (χ1) is 11.7. The number of carbonyl (C=O) groups excluding carboxylic acids is 1. The molecule has 0 saturated carbocycles. The van der Waals surface area contributed by atoms with E-state index in [0.717, 1.165) is 17.7 Å². The predicted octanol–water partition coefficient (Wildman–Crippen LogP) is 3.32. The Morgan fingerprint density at radius 1 is 1.12 bits per heavy atom. The third-order valence-corrected chi connectivity index (χ3v) is 3.98. The fraction of sp³-hybridized carbons (Fsp3) is 0.211. The highest BCUT2D eigenvalue weighted by atomic mass is 16.2. The minimum absolute atomic E-state index is 0.0901. The van der Waals surface area contributed by atoms with Gasteiger partial charge in [-0.3, -0.25) is 4.79 Å². The number of amides is 1. The van der Waals surface area contributed by atoms with Gasteiger partial charge < -0.3 is 5.32 Å². The predicted molar refractivity (Wildman–Crippen MR) is 93.1 cm³/mol. The lowest BCUT2D eigenvalue weighted by Crippen LogP contribution is -2.26. The van der Waals surface area contributed by atoms with Gasteiger partial charge in [-0.05, 0) is 36.6 Å². The van der Waals surface area contributed by atoms with Gasteiger partial charge in [-0.2, -0.15) is 0 Å². The maximum Gasteiger partial charge on any atom is 0.273 e. The molecular weight excluding hydrogens is 300 g/mol. The van der Waals surface area contributed by atoms with Crippen molar-refractivity contribution in [1.82, 2.24) is 20.3 Å². The molecule has 3 aromatic rings. The molecule has 5 nitrogen and oxygen atoms in total. The van der Waals surface area contributed by atoms with Crippen molar-refractivity contribution in [2.24, 2.45) is 0 Å². The number of aromatic nitrogens is 3. The van der Waals surface area contributed by atoms with Crippen molar-refractivity contribution in [2.75, 3.05) is 0 Å². The molecule has 0 aliphatic rings. The lowest BCUT2D eigenvalue weighted by molar-refractivity contribution is 0.0935. The molecule has 1 heterocycles. The van der Waals surface area contributed by atoms with E-state index in [1.807, 2.05) is 61.5 Å². The third kappa shape index (κ3) is 3.51. The lowest BCUT2D eigenvalue weighted by Gasteiger charge is -2.12. The normalized spacial score (nSPS) is 11.9. The molecule has 1 N–H and O–H groups in total. The number of nitrogens with zero attached hydrogens (tertiary/aromatic N) is 3. The number of aryl methyl sites for hydroxylation is 1. The zero-order valence-electron chi connectivity index (χ0n) is 13.8. The van der Waals surface area contributed by atoms with E-state index in [1.54, 1.807) is 10.9 Å². The molecule has 1 atom stereocenters. The molecule has 0 aliphatic carbocycles. The number of rotatable bonds is 5. The Kier molecular flexibility index (Phi) is 4.70. The van der Waals surface area contributed by atoms with Crippen LogP contribution in [0.15, 0.2) is 60.8 Å². The Labute approximate surface area is 141 Å². The van der Waals surface area contributed by atoms with Crippen LogP contribution >= 0.6 is 0 Å². The molecule has 1 aromatic heterocycles. The number of nitrogens with one attached hydrogen (secondary N) is 1. The Morgan fingerprint density at radius 2 is 1.83 bits per heavy atom. The van der Waals surface area contributed by atoms with Crippen LogP contribution in [-0.2, 0) is 6.42 Å². The highest BCUT2D eigenvalue weighted by Crippen LogP contribution is 2.13. The van der Waals surface area contributed by atoms with Crippen molar-refractivity contribution >= 4 is 5.91 Å². The summed E-state index contributed by atoms with van der Waals surface area (Å²) in [6.07, 6.45) is 2.64. The van der Waals surface area contributed by atoms with Crippen LogP contribution in [0.3, 0.4) is 0 Å². The maximum atomic E-state index is 12.3. The monoisotopic (exact) mass is 320 g/mol. The summed E-state index contributed by atoms with van der Waals surface area (Å²) >= 11 is 0. The molecule has 0 spiro atoms. The van der Waals surface area contributed by atoms with Crippen molar-refractivity contribution in [2.45, 2.75) is 26.3 Å². The first-order valence-electron chi connectivity index (χ1n) is 8.05. The fourth-order valence-electron chi connectivity index (χ4n) is 2.47. The minimum Gasteiger partial charge on any atom is -0.344 e. The van der Waals surface area contributed by atoms with Crippen LogP contribution in [0.4, 0.5) is 0 Å². The molecule has 1 amide bonds. The van der Waals surface area contributed by atoms with E-state index in [9.17, 15) is 4.79 Å². The average Bonchev–Trinajstić information content (AvgIpc) is 3.13. The van der Waals surface area contributed by atoms with Gasteiger partial charge in [0, 0.05) is 0 Å². The maximum absolute atomic E-state index is 12.3. The Bertz CT molecular complexity index is 809. The Balaban J connectivity index is 1.71. The fourth-order valence-corrected chi connectivity index (χ4v) is 2.47. The van der Waals surface area contributed by atoms with Crippen LogP contribution in [0.2, 0.25) is 0 Å². The quantitative estimate of drug-likeness (QED) is 0.784. The summed E-state index contributed by atoms with van der Waals surface area (Å²) < 4.78 is 1.61. The van der Waals surface area contributed by atoms with Gasteiger partial charge in [0.05, 0.1) is 17.9 Å². The van der Waals surface area contributed by atoms with E-state index in [1.165, 1.54) is 5.56 Å². The molecule has 0 unspecified atom stereocenters. The number of carbonyl (C=O) groups is 1. The summed E-state index contributed by atoms with van der Waals surface area (Å²) in [6, 6.07) is 17.8. The highest BCUT2D eigenvalue weighted by Gasteiger charge is 2.15. The van der Waals surface area contributed by atoms with Crippen LogP contribution in [0.5, 0.6) is 0 Å². The zero-order chi connectivity index (χ0) is 16.9. The second-order valence-corrected chi connectivity index (χ2v) is 5.67. The van der Waals surface area contributed by atoms with Gasteiger partial charge in [-0.25, -0.2) is 4.68 Å². The van der Waals surface area contributed by atoms with Gasteiger partial charge >= 0.3 is 0 Å². The standard InChI is InChI=1S/C19H20N4O/c1-3-15-9-11-17(12-10-15)23-13-18(21-22-23)19(24)20-14(2)16-7-5-4-6-8-16/h4-14H,3H2,1-2H3,(H,20,24)/t14-/m1/s1. The summed E-state index contributed by atoms with van der Waals surface area (Å²) in [7, 11) is 0. The molecule has 0 fully saturated rings. The van der Waals surface area contributed by atoms with Gasteiger partial charge in [0.2, 0.25) is 0 Å². The molecule has 5 heteroatoms. The molecule has 0 radical (unpaired) electrons. The van der Waals surface area contributed by atoms with Gasteiger partial charge in [-0.1, -0.05) is 54.6 Å². The van der Waals surface area contributed by atoms with Crippen LogP contribution < -0.4 is 5.32 Å². The van der Waals surface area contributed by atoms with Gasteiger partial charge in [-0.15, -0.1) is 5.10 Å². The molecule has 0 bridgehead atoms. The van der Waals surface area contributed by atoms with Crippen molar-refractivity contribution in [1.29, 1.82) is 0 Å². The average molecular weight is 320 g/mol. The third-order valence-electron chi connectivity index (χ3n) is 3.98. The van der Waals surface area contributed by atoms with E-state index < -0.39 is 0 Å². The van der Waals surface area contributed by atoms with Crippen molar-refractivity contribution in [3.05, 3.63) is 77.6 Å².